The van der Waals surface area contributed by atoms with Gasteiger partial charge in [-0.1, -0.05) is 0 Å². The number of Topliss-reactive ketones (excluding diaryl/α,β-unsaturated/α-hetero) is 1. The molecule has 0 aliphatic carbocycles. The summed E-state index contributed by atoms with van der Waals surface area (Å²) in [6.07, 6.45) is 1.33. The molecule has 1 saturated heterocycles. The van der Waals surface area contributed by atoms with Gasteiger partial charge in [0.05, 0.1) is 12.3 Å². The van der Waals surface area contributed by atoms with E-state index in [9.17, 15) is 9.59 Å². The summed E-state index contributed by atoms with van der Waals surface area (Å²) in [4.78, 5) is 24.1. The SMILES string of the molecule is CNC1C(=O)N2C(C(C)=O)=CCOC12. The number of rotatable bonds is 2. The van der Waals surface area contributed by atoms with Crippen LogP contribution in [0.4, 0.5) is 0 Å². The van der Waals surface area contributed by atoms with Crippen molar-refractivity contribution in [2.75, 3.05) is 13.7 Å². The molecule has 0 saturated carbocycles. The second-order valence-electron chi connectivity index (χ2n) is 3.34. The molecule has 1 N–H and O–H groups in total. The molecule has 2 aliphatic rings. The average Bonchev–Trinajstić information content (AvgIpc) is 2.16. The number of nitrogens with one attached hydrogen (secondary N) is 1. The van der Waals surface area contributed by atoms with Crippen molar-refractivity contribution in [2.24, 2.45) is 0 Å². The Morgan fingerprint density at radius 2 is 2.43 bits per heavy atom. The average molecular weight is 196 g/mol. The lowest BCUT2D eigenvalue weighted by molar-refractivity contribution is -0.179. The van der Waals surface area contributed by atoms with Crippen molar-refractivity contribution < 1.29 is 14.3 Å². The summed E-state index contributed by atoms with van der Waals surface area (Å²) in [5.74, 6) is -0.195. The molecule has 0 radical (unpaired) electrons. The standard InChI is InChI=1S/C9H12N2O3/c1-5(12)6-3-4-14-9-7(10-2)8(13)11(6)9/h3,7,9-10H,4H2,1-2H3. The third kappa shape index (κ3) is 1.09. The van der Waals surface area contributed by atoms with Crippen LogP contribution in [-0.2, 0) is 14.3 Å². The van der Waals surface area contributed by atoms with E-state index < -0.39 is 0 Å². The van der Waals surface area contributed by atoms with Crippen LogP contribution in [0.15, 0.2) is 11.8 Å². The third-order valence-electron chi connectivity index (χ3n) is 2.52. The molecular formula is C9H12N2O3. The Kier molecular flexibility index (Phi) is 2.13. The van der Waals surface area contributed by atoms with Crippen LogP contribution in [0.2, 0.25) is 0 Å². The first kappa shape index (κ1) is 9.36. The van der Waals surface area contributed by atoms with Crippen molar-refractivity contribution in [3.05, 3.63) is 11.8 Å². The van der Waals surface area contributed by atoms with Gasteiger partial charge in [0.1, 0.15) is 6.04 Å². The zero-order chi connectivity index (χ0) is 10.3. The molecular weight excluding hydrogens is 184 g/mol. The zero-order valence-corrected chi connectivity index (χ0v) is 8.11. The minimum atomic E-state index is -0.309. The first-order valence-electron chi connectivity index (χ1n) is 4.50. The maximum absolute atomic E-state index is 11.5. The molecule has 2 rings (SSSR count). The molecule has 1 amide bonds. The van der Waals surface area contributed by atoms with Gasteiger partial charge in [-0.3, -0.25) is 14.5 Å². The van der Waals surface area contributed by atoms with E-state index in [-0.39, 0.29) is 24.0 Å². The number of hydrogen-bond acceptors (Lipinski definition) is 4. The maximum Gasteiger partial charge on any atom is 0.251 e. The number of β-lactam (4-membered cyclic amide) rings is 1. The molecule has 0 bridgehead atoms. The number of allylic oxidation sites excluding steroid dienone is 1. The molecule has 0 aromatic carbocycles. The van der Waals surface area contributed by atoms with Crippen molar-refractivity contribution >= 4 is 11.7 Å². The Labute approximate surface area is 81.7 Å². The van der Waals surface area contributed by atoms with Crippen molar-refractivity contribution in [3.8, 4) is 0 Å². The summed E-state index contributed by atoms with van der Waals surface area (Å²) in [7, 11) is 1.70. The van der Waals surface area contributed by atoms with Crippen molar-refractivity contribution in [1.29, 1.82) is 0 Å². The summed E-state index contributed by atoms with van der Waals surface area (Å²) in [6, 6.07) is -0.307. The van der Waals surface area contributed by atoms with E-state index in [0.29, 0.717) is 12.3 Å². The lowest BCUT2D eigenvalue weighted by atomic mass is 10.0. The van der Waals surface area contributed by atoms with E-state index in [1.807, 2.05) is 0 Å². The van der Waals surface area contributed by atoms with E-state index in [1.165, 1.54) is 11.8 Å². The predicted octanol–water partition coefficient (Wildman–Crippen LogP) is -0.754. The van der Waals surface area contributed by atoms with Gasteiger partial charge in [0, 0.05) is 6.92 Å². The van der Waals surface area contributed by atoms with E-state index in [2.05, 4.69) is 5.32 Å². The van der Waals surface area contributed by atoms with Crippen molar-refractivity contribution in [2.45, 2.75) is 19.2 Å². The molecule has 2 atom stereocenters. The highest BCUT2D eigenvalue weighted by Gasteiger charge is 2.51. The molecule has 2 unspecified atom stereocenters. The lowest BCUT2D eigenvalue weighted by Gasteiger charge is -2.48. The van der Waals surface area contributed by atoms with Crippen LogP contribution in [0.1, 0.15) is 6.92 Å². The van der Waals surface area contributed by atoms with Crippen LogP contribution in [0, 0.1) is 0 Å². The molecule has 5 heteroatoms. The molecule has 5 nitrogen and oxygen atoms in total. The van der Waals surface area contributed by atoms with Gasteiger partial charge in [-0.25, -0.2) is 0 Å². The number of nitrogens with zero attached hydrogens (tertiary/aromatic N) is 1. The summed E-state index contributed by atoms with van der Waals surface area (Å²) in [5, 5.41) is 2.86. The first-order valence-corrected chi connectivity index (χ1v) is 4.50. The van der Waals surface area contributed by atoms with Gasteiger partial charge >= 0.3 is 0 Å². The van der Waals surface area contributed by atoms with E-state index in [1.54, 1.807) is 13.1 Å². The topological polar surface area (TPSA) is 58.6 Å². The van der Waals surface area contributed by atoms with Crippen LogP contribution in [0.5, 0.6) is 0 Å². The van der Waals surface area contributed by atoms with Gasteiger partial charge < -0.3 is 10.1 Å². The van der Waals surface area contributed by atoms with E-state index in [4.69, 9.17) is 4.74 Å². The molecule has 2 aliphatic heterocycles. The predicted molar refractivity (Wildman–Crippen MR) is 48.2 cm³/mol. The normalized spacial score (nSPS) is 30.6. The highest BCUT2D eigenvalue weighted by atomic mass is 16.5. The highest BCUT2D eigenvalue weighted by molar-refractivity contribution is 6.01. The number of ether oxygens (including phenoxy) is 1. The maximum atomic E-state index is 11.5. The summed E-state index contributed by atoms with van der Waals surface area (Å²) in [6.45, 7) is 1.84. The molecule has 2 heterocycles. The summed E-state index contributed by atoms with van der Waals surface area (Å²) >= 11 is 0. The van der Waals surface area contributed by atoms with Crippen LogP contribution in [0.3, 0.4) is 0 Å². The summed E-state index contributed by atoms with van der Waals surface area (Å²) < 4.78 is 5.35. The minimum absolute atomic E-state index is 0.0961. The number of likely N-dealkylation sites (N-methyl/N-ethyl adjacent to an activating group) is 1. The number of hydrogen-bond donors (Lipinski definition) is 1. The van der Waals surface area contributed by atoms with E-state index >= 15 is 0 Å². The van der Waals surface area contributed by atoms with Crippen LogP contribution < -0.4 is 5.32 Å². The largest absolute Gasteiger partial charge is 0.352 e. The van der Waals surface area contributed by atoms with Gasteiger partial charge in [-0.2, -0.15) is 0 Å². The Morgan fingerprint density at radius 3 is 3.00 bits per heavy atom. The third-order valence-corrected chi connectivity index (χ3v) is 2.52. The second kappa shape index (κ2) is 3.18. The van der Waals surface area contributed by atoms with Gasteiger partial charge in [0.25, 0.3) is 5.91 Å². The fourth-order valence-electron chi connectivity index (χ4n) is 1.79. The lowest BCUT2D eigenvalue weighted by Crippen LogP contribution is -2.71. The van der Waals surface area contributed by atoms with Gasteiger partial charge in [0.2, 0.25) is 0 Å². The highest BCUT2D eigenvalue weighted by Crippen LogP contribution is 2.29. The second-order valence-corrected chi connectivity index (χ2v) is 3.34. The van der Waals surface area contributed by atoms with Crippen molar-refractivity contribution in [1.82, 2.24) is 10.2 Å². The van der Waals surface area contributed by atoms with Crippen LogP contribution in [0.25, 0.3) is 0 Å². The number of ketones is 1. The molecule has 0 spiro atoms. The summed E-state index contributed by atoms with van der Waals surface area (Å²) in [5.41, 5.74) is 0.456. The van der Waals surface area contributed by atoms with Gasteiger partial charge in [-0.15, -0.1) is 0 Å². The Balaban J connectivity index is 2.23. The fourth-order valence-corrected chi connectivity index (χ4v) is 1.79. The quantitative estimate of drug-likeness (QED) is 0.590. The Hall–Kier alpha value is -1.20. The van der Waals surface area contributed by atoms with Crippen LogP contribution in [-0.4, -0.2) is 42.5 Å². The van der Waals surface area contributed by atoms with Gasteiger partial charge in [0.15, 0.2) is 12.0 Å². The molecule has 0 aromatic heterocycles. The molecule has 14 heavy (non-hydrogen) atoms. The smallest absolute Gasteiger partial charge is 0.251 e. The minimum Gasteiger partial charge on any atom is -0.352 e. The van der Waals surface area contributed by atoms with Gasteiger partial charge in [-0.05, 0) is 13.1 Å². The number of amides is 1. The number of carbonyl (C=O) groups is 2. The molecule has 76 valence electrons. The monoisotopic (exact) mass is 196 g/mol. The first-order chi connectivity index (χ1) is 6.66. The number of fused-ring (bicyclic) bond motifs is 1. The van der Waals surface area contributed by atoms with E-state index in [0.717, 1.165) is 0 Å². The zero-order valence-electron chi connectivity index (χ0n) is 8.11. The molecule has 1 fully saturated rings. The number of carbonyl (C=O) groups excluding carboxylic acids is 2. The Bertz CT molecular complexity index is 324. The fraction of sp³-hybridized carbons (Fsp3) is 0.556. The van der Waals surface area contributed by atoms with Crippen molar-refractivity contribution in [3.63, 3.8) is 0 Å². The van der Waals surface area contributed by atoms with Crippen LogP contribution >= 0.6 is 0 Å². The Morgan fingerprint density at radius 1 is 1.71 bits per heavy atom. The molecule has 0 aromatic rings.